The molecular weight excluding hydrogens is 374 g/mol. The zero-order chi connectivity index (χ0) is 21.1. The van der Waals surface area contributed by atoms with Gasteiger partial charge in [-0.15, -0.1) is 0 Å². The first kappa shape index (κ1) is 19.6. The van der Waals surface area contributed by atoms with Crippen LogP contribution < -0.4 is 10.1 Å². The largest absolute Gasteiger partial charge is 0.497 e. The molecule has 0 radical (unpaired) electrons. The summed E-state index contributed by atoms with van der Waals surface area (Å²) in [6.45, 7) is 4.04. The summed E-state index contributed by atoms with van der Waals surface area (Å²) in [5, 5.41) is 7.79. The van der Waals surface area contributed by atoms with Crippen LogP contribution in [0.3, 0.4) is 0 Å². The van der Waals surface area contributed by atoms with Crippen molar-refractivity contribution >= 4 is 5.82 Å². The van der Waals surface area contributed by atoms with Crippen molar-refractivity contribution in [1.29, 1.82) is 0 Å². The Bertz CT molecular complexity index is 1170. The molecule has 0 fully saturated rings. The van der Waals surface area contributed by atoms with Crippen LogP contribution in [-0.2, 0) is 7.05 Å². The Labute approximate surface area is 176 Å². The van der Waals surface area contributed by atoms with E-state index >= 15 is 0 Å². The van der Waals surface area contributed by atoms with Gasteiger partial charge < -0.3 is 10.1 Å². The maximum Gasteiger partial charge on any atom is 0.130 e. The summed E-state index contributed by atoms with van der Waals surface area (Å²) < 4.78 is 7.16. The smallest absolute Gasteiger partial charge is 0.130 e. The molecule has 30 heavy (non-hydrogen) atoms. The van der Waals surface area contributed by atoms with Crippen LogP contribution in [0.25, 0.3) is 22.4 Å². The first-order valence-electron chi connectivity index (χ1n) is 9.87. The predicted molar refractivity (Wildman–Crippen MR) is 119 cm³/mol. The standard InChI is InChI=1S/C24H25N5O/c1-16(18-7-5-8-19(11-18)21-14-25-29(3)15-21)26-24-13-23(27-17(2)28-24)20-9-6-10-22(12-20)30-4/h5-16H,1-4H3,(H,26,27,28). The van der Waals surface area contributed by atoms with E-state index < -0.39 is 0 Å². The Morgan fingerprint density at radius 3 is 2.53 bits per heavy atom. The van der Waals surface area contributed by atoms with Crippen molar-refractivity contribution in [3.05, 3.63) is 78.4 Å². The van der Waals surface area contributed by atoms with Crippen molar-refractivity contribution in [2.75, 3.05) is 12.4 Å². The molecule has 0 amide bonds. The topological polar surface area (TPSA) is 64.9 Å². The van der Waals surface area contributed by atoms with Crippen molar-refractivity contribution in [1.82, 2.24) is 19.7 Å². The van der Waals surface area contributed by atoms with Gasteiger partial charge in [-0.1, -0.05) is 30.3 Å². The van der Waals surface area contributed by atoms with Crippen molar-refractivity contribution in [3.8, 4) is 28.1 Å². The molecule has 0 spiro atoms. The first-order chi connectivity index (χ1) is 14.5. The summed E-state index contributed by atoms with van der Waals surface area (Å²) in [7, 11) is 3.59. The van der Waals surface area contributed by atoms with E-state index in [9.17, 15) is 0 Å². The third kappa shape index (κ3) is 4.33. The molecule has 2 aromatic carbocycles. The molecule has 1 unspecified atom stereocenters. The number of hydrogen-bond acceptors (Lipinski definition) is 5. The number of ether oxygens (including phenoxy) is 1. The molecule has 152 valence electrons. The second-order valence-electron chi connectivity index (χ2n) is 7.31. The lowest BCUT2D eigenvalue weighted by Crippen LogP contribution is -2.09. The van der Waals surface area contributed by atoms with Gasteiger partial charge in [0.2, 0.25) is 0 Å². The molecule has 0 saturated heterocycles. The lowest BCUT2D eigenvalue weighted by Gasteiger charge is -2.17. The zero-order valence-electron chi connectivity index (χ0n) is 17.6. The molecule has 0 aliphatic rings. The summed E-state index contributed by atoms with van der Waals surface area (Å²) in [5.41, 5.74) is 5.28. The van der Waals surface area contributed by atoms with Crippen LogP contribution in [-0.4, -0.2) is 26.9 Å². The van der Waals surface area contributed by atoms with Crippen molar-refractivity contribution in [3.63, 3.8) is 0 Å². The lowest BCUT2D eigenvalue weighted by molar-refractivity contribution is 0.415. The van der Waals surface area contributed by atoms with Gasteiger partial charge in [-0.2, -0.15) is 5.10 Å². The summed E-state index contributed by atoms with van der Waals surface area (Å²) >= 11 is 0. The minimum atomic E-state index is 0.0779. The van der Waals surface area contributed by atoms with Crippen LogP contribution in [0.1, 0.15) is 24.4 Å². The highest BCUT2D eigenvalue weighted by atomic mass is 16.5. The molecular formula is C24H25N5O. The number of nitrogens with one attached hydrogen (secondary N) is 1. The van der Waals surface area contributed by atoms with E-state index in [-0.39, 0.29) is 6.04 Å². The van der Waals surface area contributed by atoms with Crippen LogP contribution >= 0.6 is 0 Å². The van der Waals surface area contributed by atoms with E-state index in [0.29, 0.717) is 5.82 Å². The van der Waals surface area contributed by atoms with Crippen LogP contribution in [0.5, 0.6) is 5.75 Å². The van der Waals surface area contributed by atoms with Gasteiger partial charge in [0.05, 0.1) is 19.0 Å². The number of nitrogens with zero attached hydrogens (tertiary/aromatic N) is 4. The van der Waals surface area contributed by atoms with Gasteiger partial charge in [0, 0.05) is 36.5 Å². The van der Waals surface area contributed by atoms with E-state index in [4.69, 9.17) is 4.74 Å². The molecule has 2 aromatic heterocycles. The van der Waals surface area contributed by atoms with Crippen molar-refractivity contribution in [2.24, 2.45) is 7.05 Å². The molecule has 0 bridgehead atoms. The molecule has 6 heteroatoms. The Morgan fingerprint density at radius 1 is 0.967 bits per heavy atom. The third-order valence-electron chi connectivity index (χ3n) is 4.99. The van der Waals surface area contributed by atoms with Crippen LogP contribution in [0, 0.1) is 6.92 Å². The number of aryl methyl sites for hydroxylation is 2. The number of hydrogen-bond donors (Lipinski definition) is 1. The van der Waals surface area contributed by atoms with E-state index in [1.165, 1.54) is 5.56 Å². The van der Waals surface area contributed by atoms with Gasteiger partial charge in [0.1, 0.15) is 17.4 Å². The van der Waals surface area contributed by atoms with Gasteiger partial charge in [0.15, 0.2) is 0 Å². The molecule has 0 aliphatic heterocycles. The molecule has 0 saturated carbocycles. The normalized spacial score (nSPS) is 11.9. The number of methoxy groups -OCH3 is 1. The lowest BCUT2D eigenvalue weighted by atomic mass is 10.0. The van der Waals surface area contributed by atoms with Gasteiger partial charge in [-0.3, -0.25) is 4.68 Å². The minimum Gasteiger partial charge on any atom is -0.497 e. The maximum absolute atomic E-state index is 5.34. The quantitative estimate of drug-likeness (QED) is 0.492. The van der Waals surface area contributed by atoms with E-state index in [1.807, 2.05) is 61.4 Å². The van der Waals surface area contributed by atoms with E-state index in [2.05, 4.69) is 51.6 Å². The number of benzene rings is 2. The fraction of sp³-hybridized carbons (Fsp3) is 0.208. The average Bonchev–Trinajstić information content (AvgIpc) is 3.20. The summed E-state index contributed by atoms with van der Waals surface area (Å²) in [6, 6.07) is 18.4. The van der Waals surface area contributed by atoms with Gasteiger partial charge in [-0.05, 0) is 43.2 Å². The van der Waals surface area contributed by atoms with E-state index in [0.717, 1.165) is 34.0 Å². The molecule has 4 rings (SSSR count). The number of rotatable bonds is 6. The number of aromatic nitrogens is 4. The molecule has 2 heterocycles. The van der Waals surface area contributed by atoms with Crippen molar-refractivity contribution in [2.45, 2.75) is 19.9 Å². The van der Waals surface area contributed by atoms with Gasteiger partial charge in [0.25, 0.3) is 0 Å². The third-order valence-corrected chi connectivity index (χ3v) is 4.99. The monoisotopic (exact) mass is 399 g/mol. The Kier molecular flexibility index (Phi) is 5.48. The van der Waals surface area contributed by atoms with Gasteiger partial charge in [-0.25, -0.2) is 9.97 Å². The van der Waals surface area contributed by atoms with E-state index in [1.54, 1.807) is 7.11 Å². The highest BCUT2D eigenvalue weighted by molar-refractivity contribution is 5.65. The Balaban J connectivity index is 1.59. The molecule has 4 aromatic rings. The molecule has 6 nitrogen and oxygen atoms in total. The summed E-state index contributed by atoms with van der Waals surface area (Å²) in [6.07, 6.45) is 3.90. The maximum atomic E-state index is 5.34. The fourth-order valence-electron chi connectivity index (χ4n) is 3.43. The molecule has 0 aliphatic carbocycles. The summed E-state index contributed by atoms with van der Waals surface area (Å²) in [4.78, 5) is 9.18. The molecule has 1 N–H and O–H groups in total. The minimum absolute atomic E-state index is 0.0779. The average molecular weight is 399 g/mol. The Morgan fingerprint density at radius 2 is 1.77 bits per heavy atom. The highest BCUT2D eigenvalue weighted by Gasteiger charge is 2.11. The summed E-state index contributed by atoms with van der Waals surface area (Å²) in [5.74, 6) is 2.31. The second kappa shape index (κ2) is 8.37. The van der Waals surface area contributed by atoms with Gasteiger partial charge >= 0.3 is 0 Å². The SMILES string of the molecule is COc1cccc(-c2cc(NC(C)c3cccc(-c4cnn(C)c4)c3)nc(C)n2)c1. The highest BCUT2D eigenvalue weighted by Crippen LogP contribution is 2.27. The predicted octanol–water partition coefficient (Wildman–Crippen LogP) is 5.03. The second-order valence-corrected chi connectivity index (χ2v) is 7.31. The number of anilines is 1. The molecule has 1 atom stereocenters. The fourth-order valence-corrected chi connectivity index (χ4v) is 3.43. The van der Waals surface area contributed by atoms with Crippen molar-refractivity contribution < 1.29 is 4.74 Å². The zero-order valence-corrected chi connectivity index (χ0v) is 17.6. The first-order valence-corrected chi connectivity index (χ1v) is 9.87. The van der Waals surface area contributed by atoms with Crippen LogP contribution in [0.2, 0.25) is 0 Å². The van der Waals surface area contributed by atoms with Crippen LogP contribution in [0.4, 0.5) is 5.82 Å². The van der Waals surface area contributed by atoms with Crippen LogP contribution in [0.15, 0.2) is 67.0 Å². The Hall–Kier alpha value is -3.67.